The second-order valence-electron chi connectivity index (χ2n) is 7.15. The molecular formula is C22H22ClN5O2. The van der Waals surface area contributed by atoms with Crippen molar-refractivity contribution in [3.63, 3.8) is 0 Å². The molecule has 1 aliphatic heterocycles. The SMILES string of the molecule is Cc1ccc(NC(=O)N2CCN(c3ccc(=O)n(-c4ccccc4)n3)CC2)cc1Cl. The summed E-state index contributed by atoms with van der Waals surface area (Å²) in [6.45, 7) is 4.28. The molecule has 1 saturated heterocycles. The van der Waals surface area contributed by atoms with E-state index >= 15 is 0 Å². The first-order valence-electron chi connectivity index (χ1n) is 9.74. The van der Waals surface area contributed by atoms with Gasteiger partial charge in [-0.1, -0.05) is 35.9 Å². The van der Waals surface area contributed by atoms with Gasteiger partial charge in [0.05, 0.1) is 5.69 Å². The molecule has 0 radical (unpaired) electrons. The molecule has 30 heavy (non-hydrogen) atoms. The van der Waals surface area contributed by atoms with Crippen molar-refractivity contribution in [1.29, 1.82) is 0 Å². The summed E-state index contributed by atoms with van der Waals surface area (Å²) in [7, 11) is 0. The fraction of sp³-hybridized carbons (Fsp3) is 0.227. The van der Waals surface area contributed by atoms with Crippen molar-refractivity contribution < 1.29 is 4.79 Å². The van der Waals surface area contributed by atoms with E-state index in [1.807, 2.05) is 49.4 Å². The number of amides is 2. The summed E-state index contributed by atoms with van der Waals surface area (Å²) >= 11 is 6.14. The number of anilines is 2. The van der Waals surface area contributed by atoms with Crippen molar-refractivity contribution in [3.8, 4) is 5.69 Å². The van der Waals surface area contributed by atoms with E-state index in [0.29, 0.717) is 42.7 Å². The van der Waals surface area contributed by atoms with Gasteiger partial charge in [-0.15, -0.1) is 5.10 Å². The van der Waals surface area contributed by atoms with Crippen LogP contribution in [0.4, 0.5) is 16.3 Å². The number of aryl methyl sites for hydroxylation is 1. The molecule has 0 bridgehead atoms. The Morgan fingerprint density at radius 2 is 1.73 bits per heavy atom. The summed E-state index contributed by atoms with van der Waals surface area (Å²) in [4.78, 5) is 28.6. The molecule has 4 rings (SSSR count). The number of nitrogens with zero attached hydrogens (tertiary/aromatic N) is 4. The second kappa shape index (κ2) is 8.59. The van der Waals surface area contributed by atoms with Gasteiger partial charge in [0.1, 0.15) is 5.82 Å². The minimum Gasteiger partial charge on any atom is -0.352 e. The van der Waals surface area contributed by atoms with Crippen molar-refractivity contribution >= 4 is 29.1 Å². The highest BCUT2D eigenvalue weighted by molar-refractivity contribution is 6.31. The zero-order valence-corrected chi connectivity index (χ0v) is 17.3. The zero-order chi connectivity index (χ0) is 21.1. The molecule has 2 aromatic carbocycles. The van der Waals surface area contributed by atoms with Gasteiger partial charge in [0, 0.05) is 43.0 Å². The van der Waals surface area contributed by atoms with Crippen molar-refractivity contribution in [2.75, 3.05) is 36.4 Å². The maximum absolute atomic E-state index is 12.6. The van der Waals surface area contributed by atoms with E-state index in [2.05, 4.69) is 15.3 Å². The third kappa shape index (κ3) is 4.31. The second-order valence-corrected chi connectivity index (χ2v) is 7.55. The van der Waals surface area contributed by atoms with Gasteiger partial charge in [-0.05, 0) is 42.8 Å². The molecule has 3 aromatic rings. The molecule has 0 aliphatic carbocycles. The molecule has 0 unspecified atom stereocenters. The first-order valence-corrected chi connectivity index (χ1v) is 10.1. The van der Waals surface area contributed by atoms with Crippen molar-refractivity contribution in [1.82, 2.24) is 14.7 Å². The van der Waals surface area contributed by atoms with E-state index in [9.17, 15) is 9.59 Å². The van der Waals surface area contributed by atoms with Gasteiger partial charge in [0.15, 0.2) is 0 Å². The summed E-state index contributed by atoms with van der Waals surface area (Å²) in [6.07, 6.45) is 0. The van der Waals surface area contributed by atoms with E-state index in [-0.39, 0.29) is 11.6 Å². The summed E-state index contributed by atoms with van der Waals surface area (Å²) < 4.78 is 1.40. The number of halogens is 1. The number of carbonyl (C=O) groups is 1. The molecule has 8 heteroatoms. The first kappa shape index (κ1) is 20.0. The van der Waals surface area contributed by atoms with Gasteiger partial charge < -0.3 is 15.1 Å². The number of urea groups is 1. The van der Waals surface area contributed by atoms with E-state index in [4.69, 9.17) is 11.6 Å². The summed E-state index contributed by atoms with van der Waals surface area (Å²) in [5, 5.41) is 8.04. The Morgan fingerprint density at radius 1 is 1.00 bits per heavy atom. The number of benzene rings is 2. The number of hydrogen-bond acceptors (Lipinski definition) is 4. The monoisotopic (exact) mass is 423 g/mol. The Labute approximate surface area is 179 Å². The molecule has 2 heterocycles. The largest absolute Gasteiger partial charge is 0.352 e. The highest BCUT2D eigenvalue weighted by Crippen LogP contribution is 2.21. The standard InChI is InChI=1S/C22H22ClN5O2/c1-16-7-8-17(15-19(16)23)24-22(30)27-13-11-26(12-14-27)20-9-10-21(29)28(25-20)18-5-3-2-4-6-18/h2-10,15H,11-14H2,1H3,(H,24,30). The molecule has 2 amide bonds. The molecule has 154 valence electrons. The lowest BCUT2D eigenvalue weighted by Gasteiger charge is -2.35. The first-order chi connectivity index (χ1) is 14.5. The molecule has 0 atom stereocenters. The number of piperazine rings is 1. The lowest BCUT2D eigenvalue weighted by Crippen LogP contribution is -2.50. The number of para-hydroxylation sites is 1. The summed E-state index contributed by atoms with van der Waals surface area (Å²) in [5.74, 6) is 0.712. The Hall–Kier alpha value is -3.32. The van der Waals surface area contributed by atoms with Crippen LogP contribution in [0, 0.1) is 6.92 Å². The quantitative estimate of drug-likeness (QED) is 0.699. The van der Waals surface area contributed by atoms with Crippen LogP contribution in [0.3, 0.4) is 0 Å². The predicted octanol–water partition coefficient (Wildman–Crippen LogP) is 3.55. The van der Waals surface area contributed by atoms with Crippen LogP contribution >= 0.6 is 11.6 Å². The van der Waals surface area contributed by atoms with E-state index in [0.717, 1.165) is 11.3 Å². The zero-order valence-electron chi connectivity index (χ0n) is 16.6. The van der Waals surface area contributed by atoms with Crippen LogP contribution in [-0.4, -0.2) is 46.9 Å². The lowest BCUT2D eigenvalue weighted by molar-refractivity contribution is 0.208. The Morgan fingerprint density at radius 3 is 2.43 bits per heavy atom. The molecule has 7 nitrogen and oxygen atoms in total. The van der Waals surface area contributed by atoms with Crippen LogP contribution in [0.15, 0.2) is 65.5 Å². The maximum Gasteiger partial charge on any atom is 0.321 e. The molecule has 1 fully saturated rings. The average Bonchev–Trinajstić information content (AvgIpc) is 2.77. The van der Waals surface area contributed by atoms with Crippen LogP contribution in [0.5, 0.6) is 0 Å². The van der Waals surface area contributed by atoms with E-state index < -0.39 is 0 Å². The Bertz CT molecular complexity index is 1110. The summed E-state index contributed by atoms with van der Waals surface area (Å²) in [6, 6.07) is 17.9. The van der Waals surface area contributed by atoms with Gasteiger partial charge in [-0.2, -0.15) is 4.68 Å². The van der Waals surface area contributed by atoms with Crippen LogP contribution in [0.1, 0.15) is 5.56 Å². The number of rotatable bonds is 3. The van der Waals surface area contributed by atoms with Crippen LogP contribution < -0.4 is 15.8 Å². The number of aromatic nitrogens is 2. The van der Waals surface area contributed by atoms with Crippen LogP contribution in [-0.2, 0) is 0 Å². The van der Waals surface area contributed by atoms with Gasteiger partial charge in [-0.25, -0.2) is 4.79 Å². The maximum atomic E-state index is 12.6. The third-order valence-corrected chi connectivity index (χ3v) is 5.51. The van der Waals surface area contributed by atoms with Crippen LogP contribution in [0.25, 0.3) is 5.69 Å². The molecular weight excluding hydrogens is 402 g/mol. The highest BCUT2D eigenvalue weighted by Gasteiger charge is 2.22. The van der Waals surface area contributed by atoms with Crippen LogP contribution in [0.2, 0.25) is 5.02 Å². The van der Waals surface area contributed by atoms with Gasteiger partial charge in [0.25, 0.3) is 5.56 Å². The predicted molar refractivity (Wildman–Crippen MR) is 119 cm³/mol. The molecule has 1 aliphatic rings. The Balaban J connectivity index is 1.41. The van der Waals surface area contributed by atoms with Gasteiger partial charge in [0.2, 0.25) is 0 Å². The topological polar surface area (TPSA) is 70.5 Å². The van der Waals surface area contributed by atoms with Gasteiger partial charge in [-0.3, -0.25) is 4.79 Å². The minimum atomic E-state index is -0.181. The minimum absolute atomic E-state index is 0.156. The van der Waals surface area contributed by atoms with Crippen molar-refractivity contribution in [2.24, 2.45) is 0 Å². The fourth-order valence-electron chi connectivity index (χ4n) is 3.34. The number of hydrogen-bond donors (Lipinski definition) is 1. The highest BCUT2D eigenvalue weighted by atomic mass is 35.5. The third-order valence-electron chi connectivity index (χ3n) is 5.10. The molecule has 0 saturated carbocycles. The fourth-order valence-corrected chi connectivity index (χ4v) is 3.52. The summed E-state index contributed by atoms with van der Waals surface area (Å²) in [5.41, 5.74) is 2.18. The van der Waals surface area contributed by atoms with Crippen molar-refractivity contribution in [2.45, 2.75) is 6.92 Å². The van der Waals surface area contributed by atoms with Gasteiger partial charge >= 0.3 is 6.03 Å². The average molecular weight is 424 g/mol. The molecule has 1 aromatic heterocycles. The molecule has 1 N–H and O–H groups in total. The molecule has 0 spiro atoms. The number of carbonyl (C=O) groups excluding carboxylic acids is 1. The lowest BCUT2D eigenvalue weighted by atomic mass is 10.2. The van der Waals surface area contributed by atoms with E-state index in [1.165, 1.54) is 10.7 Å². The number of nitrogens with one attached hydrogen (secondary N) is 1. The normalized spacial score (nSPS) is 13.9. The van der Waals surface area contributed by atoms with E-state index in [1.54, 1.807) is 17.0 Å². The smallest absolute Gasteiger partial charge is 0.321 e. The van der Waals surface area contributed by atoms with Crippen molar-refractivity contribution in [3.05, 3.63) is 81.6 Å². The Kier molecular flexibility index (Phi) is 5.72.